The number of esters is 1. The second-order valence-corrected chi connectivity index (χ2v) is 4.63. The predicted molar refractivity (Wildman–Crippen MR) is 82.1 cm³/mol. The minimum atomic E-state index is -0.369. The first-order valence-electron chi connectivity index (χ1n) is 6.79. The lowest BCUT2D eigenvalue weighted by atomic mass is 10.1. The van der Waals surface area contributed by atoms with Crippen molar-refractivity contribution < 1.29 is 9.53 Å². The van der Waals surface area contributed by atoms with Crippen LogP contribution in [0.2, 0.25) is 0 Å². The van der Waals surface area contributed by atoms with Gasteiger partial charge in [0.1, 0.15) is 5.82 Å². The van der Waals surface area contributed by atoms with E-state index in [-0.39, 0.29) is 5.97 Å². The molecule has 2 rings (SSSR count). The summed E-state index contributed by atoms with van der Waals surface area (Å²) in [6.07, 6.45) is 2.47. The Morgan fingerprint density at radius 2 is 1.95 bits per heavy atom. The summed E-state index contributed by atoms with van der Waals surface area (Å²) in [5.41, 5.74) is 8.37. The van der Waals surface area contributed by atoms with Gasteiger partial charge in [-0.2, -0.15) is 0 Å². The fourth-order valence-electron chi connectivity index (χ4n) is 1.96. The summed E-state index contributed by atoms with van der Waals surface area (Å²) in [6.45, 7) is 1.29. The fraction of sp³-hybridized carbons (Fsp3) is 0.250. The first kappa shape index (κ1) is 15.0. The number of aromatic nitrogens is 1. The number of benzene rings is 1. The Hall–Kier alpha value is -2.40. The number of hydrogen-bond acceptors (Lipinski definition) is 5. The molecule has 110 valence electrons. The fourth-order valence-corrected chi connectivity index (χ4v) is 1.96. The molecular weight excluding hydrogens is 266 g/mol. The van der Waals surface area contributed by atoms with Crippen LogP contribution in [0.1, 0.15) is 21.5 Å². The SMILES string of the molecule is COC(=O)c1ccnc(NCc2ccc(CCN)cc2)c1. The van der Waals surface area contributed by atoms with Gasteiger partial charge < -0.3 is 15.8 Å². The van der Waals surface area contributed by atoms with Gasteiger partial charge in [-0.3, -0.25) is 0 Å². The highest BCUT2D eigenvalue weighted by molar-refractivity contribution is 5.89. The quantitative estimate of drug-likeness (QED) is 0.794. The van der Waals surface area contributed by atoms with Crippen molar-refractivity contribution in [2.45, 2.75) is 13.0 Å². The van der Waals surface area contributed by atoms with E-state index >= 15 is 0 Å². The topological polar surface area (TPSA) is 77.2 Å². The van der Waals surface area contributed by atoms with E-state index in [0.717, 1.165) is 12.0 Å². The molecule has 2 aromatic rings. The van der Waals surface area contributed by atoms with Gasteiger partial charge in [-0.05, 0) is 36.2 Å². The minimum Gasteiger partial charge on any atom is -0.465 e. The summed E-state index contributed by atoms with van der Waals surface area (Å²) in [7, 11) is 1.36. The number of pyridine rings is 1. The molecular formula is C16H19N3O2. The van der Waals surface area contributed by atoms with Gasteiger partial charge in [0.05, 0.1) is 12.7 Å². The highest BCUT2D eigenvalue weighted by Gasteiger charge is 2.06. The highest BCUT2D eigenvalue weighted by atomic mass is 16.5. The molecule has 0 fully saturated rings. The zero-order valence-electron chi connectivity index (χ0n) is 12.0. The Balaban J connectivity index is 1.97. The van der Waals surface area contributed by atoms with Crippen LogP contribution in [0.3, 0.4) is 0 Å². The van der Waals surface area contributed by atoms with Gasteiger partial charge in [-0.25, -0.2) is 9.78 Å². The van der Waals surface area contributed by atoms with Crippen LogP contribution in [-0.2, 0) is 17.7 Å². The largest absolute Gasteiger partial charge is 0.465 e. The maximum absolute atomic E-state index is 11.5. The lowest BCUT2D eigenvalue weighted by Gasteiger charge is -2.07. The number of nitrogens with one attached hydrogen (secondary N) is 1. The maximum atomic E-state index is 11.5. The number of ether oxygens (including phenoxy) is 1. The summed E-state index contributed by atoms with van der Waals surface area (Å²) in [5.74, 6) is 0.274. The Morgan fingerprint density at radius 3 is 2.62 bits per heavy atom. The predicted octanol–water partition coefficient (Wildman–Crippen LogP) is 1.98. The van der Waals surface area contributed by atoms with E-state index in [2.05, 4.69) is 39.3 Å². The normalized spacial score (nSPS) is 10.2. The van der Waals surface area contributed by atoms with Crippen molar-refractivity contribution in [1.82, 2.24) is 4.98 Å². The molecule has 0 spiro atoms. The summed E-state index contributed by atoms with van der Waals surface area (Å²) >= 11 is 0. The van der Waals surface area contributed by atoms with Crippen LogP contribution >= 0.6 is 0 Å². The summed E-state index contributed by atoms with van der Waals surface area (Å²) in [4.78, 5) is 15.6. The molecule has 1 aromatic carbocycles. The lowest BCUT2D eigenvalue weighted by Crippen LogP contribution is -2.06. The molecule has 0 unspecified atom stereocenters. The Labute approximate surface area is 124 Å². The van der Waals surface area contributed by atoms with Crippen molar-refractivity contribution >= 4 is 11.8 Å². The van der Waals surface area contributed by atoms with Gasteiger partial charge in [0, 0.05) is 12.7 Å². The zero-order valence-corrected chi connectivity index (χ0v) is 12.0. The number of anilines is 1. The van der Waals surface area contributed by atoms with Gasteiger partial charge in [0.25, 0.3) is 0 Å². The van der Waals surface area contributed by atoms with Gasteiger partial charge >= 0.3 is 5.97 Å². The Bertz CT molecular complexity index is 597. The lowest BCUT2D eigenvalue weighted by molar-refractivity contribution is 0.0600. The summed E-state index contributed by atoms with van der Waals surface area (Å²) in [5, 5.41) is 3.19. The number of carbonyl (C=O) groups excluding carboxylic acids is 1. The van der Waals surface area contributed by atoms with Crippen LogP contribution in [0.4, 0.5) is 5.82 Å². The number of nitrogens with two attached hydrogens (primary N) is 1. The zero-order chi connectivity index (χ0) is 15.1. The van der Waals surface area contributed by atoms with Crippen LogP contribution in [0.5, 0.6) is 0 Å². The molecule has 21 heavy (non-hydrogen) atoms. The third kappa shape index (κ3) is 4.29. The summed E-state index contributed by atoms with van der Waals surface area (Å²) < 4.78 is 4.69. The van der Waals surface area contributed by atoms with Crippen LogP contribution in [0, 0.1) is 0 Å². The van der Waals surface area contributed by atoms with Gasteiger partial charge in [0.15, 0.2) is 0 Å². The van der Waals surface area contributed by atoms with Crippen molar-refractivity contribution in [2.75, 3.05) is 19.0 Å². The molecule has 1 heterocycles. The van der Waals surface area contributed by atoms with E-state index < -0.39 is 0 Å². The molecule has 3 N–H and O–H groups in total. The molecule has 0 bridgehead atoms. The molecule has 1 aromatic heterocycles. The van der Waals surface area contributed by atoms with E-state index in [4.69, 9.17) is 5.73 Å². The highest BCUT2D eigenvalue weighted by Crippen LogP contribution is 2.11. The first-order chi connectivity index (χ1) is 10.2. The van der Waals surface area contributed by atoms with Crippen molar-refractivity contribution in [3.8, 4) is 0 Å². The average molecular weight is 285 g/mol. The van der Waals surface area contributed by atoms with Gasteiger partial charge in [-0.1, -0.05) is 24.3 Å². The Kier molecular flexibility index (Phi) is 5.29. The first-order valence-corrected chi connectivity index (χ1v) is 6.79. The van der Waals surface area contributed by atoms with E-state index in [9.17, 15) is 4.79 Å². The monoisotopic (exact) mass is 285 g/mol. The molecule has 5 heteroatoms. The molecule has 0 aliphatic heterocycles. The molecule has 0 aliphatic carbocycles. The van der Waals surface area contributed by atoms with Gasteiger partial charge in [0.2, 0.25) is 0 Å². The third-order valence-electron chi connectivity index (χ3n) is 3.11. The summed E-state index contributed by atoms with van der Waals surface area (Å²) in [6, 6.07) is 11.6. The van der Waals surface area contributed by atoms with Gasteiger partial charge in [-0.15, -0.1) is 0 Å². The van der Waals surface area contributed by atoms with Crippen LogP contribution < -0.4 is 11.1 Å². The van der Waals surface area contributed by atoms with E-state index in [0.29, 0.717) is 24.5 Å². The van der Waals surface area contributed by atoms with Crippen LogP contribution in [0.15, 0.2) is 42.6 Å². The molecule has 0 radical (unpaired) electrons. The van der Waals surface area contributed by atoms with E-state index in [1.807, 2.05) is 0 Å². The average Bonchev–Trinajstić information content (AvgIpc) is 2.54. The molecule has 0 saturated heterocycles. The third-order valence-corrected chi connectivity index (χ3v) is 3.11. The van der Waals surface area contributed by atoms with Crippen molar-refractivity contribution in [3.63, 3.8) is 0 Å². The second-order valence-electron chi connectivity index (χ2n) is 4.63. The smallest absolute Gasteiger partial charge is 0.338 e. The second kappa shape index (κ2) is 7.40. The number of rotatable bonds is 6. The molecule has 0 amide bonds. The molecule has 0 saturated carbocycles. The van der Waals surface area contributed by atoms with Crippen LogP contribution in [0.25, 0.3) is 0 Å². The standard InChI is InChI=1S/C16H19N3O2/c1-21-16(20)14-7-9-18-15(10-14)19-11-13-4-2-12(3-5-13)6-8-17/h2-5,7,9-10H,6,8,11,17H2,1H3,(H,18,19). The number of methoxy groups -OCH3 is 1. The van der Waals surface area contributed by atoms with Crippen molar-refractivity contribution in [3.05, 3.63) is 59.3 Å². The van der Waals surface area contributed by atoms with Crippen molar-refractivity contribution in [1.29, 1.82) is 0 Å². The number of nitrogens with zero attached hydrogens (tertiary/aromatic N) is 1. The van der Waals surface area contributed by atoms with E-state index in [1.165, 1.54) is 12.7 Å². The number of carbonyl (C=O) groups is 1. The number of hydrogen-bond donors (Lipinski definition) is 2. The maximum Gasteiger partial charge on any atom is 0.338 e. The van der Waals surface area contributed by atoms with Crippen molar-refractivity contribution in [2.24, 2.45) is 5.73 Å². The molecule has 5 nitrogen and oxygen atoms in total. The minimum absolute atomic E-state index is 0.369. The molecule has 0 atom stereocenters. The van der Waals surface area contributed by atoms with Crippen LogP contribution in [-0.4, -0.2) is 24.6 Å². The molecule has 0 aliphatic rings. The van der Waals surface area contributed by atoms with E-state index in [1.54, 1.807) is 18.3 Å². The Morgan fingerprint density at radius 1 is 1.24 bits per heavy atom.